The van der Waals surface area contributed by atoms with Gasteiger partial charge in [-0.2, -0.15) is 0 Å². The molecule has 0 radical (unpaired) electrons. The smallest absolute Gasteiger partial charge is 0.131 e. The van der Waals surface area contributed by atoms with Crippen LogP contribution in [0.3, 0.4) is 0 Å². The molecule has 0 N–H and O–H groups in total. The molecule has 0 saturated heterocycles. The molecule has 3 heteroatoms. The van der Waals surface area contributed by atoms with Crippen LogP contribution in [-0.4, -0.2) is 10.8 Å². The van der Waals surface area contributed by atoms with Crippen molar-refractivity contribution in [2.24, 2.45) is 0 Å². The number of aryl methyl sites for hydroxylation is 1. The Morgan fingerprint density at radius 1 is 0.960 bits per heavy atom. The van der Waals surface area contributed by atoms with Crippen LogP contribution in [0, 0.1) is 6.92 Å². The lowest BCUT2D eigenvalue weighted by Crippen LogP contribution is -2.32. The molecule has 25 heavy (non-hydrogen) atoms. The van der Waals surface area contributed by atoms with Crippen LogP contribution in [0.2, 0.25) is 0 Å². The maximum atomic E-state index is 12.3. The lowest BCUT2D eigenvalue weighted by atomic mass is 9.65. The highest BCUT2D eigenvalue weighted by Gasteiger charge is 2.38. The first-order valence-electron chi connectivity index (χ1n) is 8.26. The average molecular weight is 394 g/mol. The highest BCUT2D eigenvalue weighted by atomic mass is 79.9. The Kier molecular flexibility index (Phi) is 5.14. The number of ketones is 1. The highest BCUT2D eigenvalue weighted by molar-refractivity contribution is 9.10. The van der Waals surface area contributed by atoms with Gasteiger partial charge in [-0.1, -0.05) is 52.3 Å². The second kappa shape index (κ2) is 7.32. The number of halogens is 1. The van der Waals surface area contributed by atoms with Crippen LogP contribution >= 0.6 is 15.9 Å². The minimum absolute atomic E-state index is 0.156. The predicted octanol–water partition coefficient (Wildman–Crippen LogP) is 5.47. The number of nitrogens with zero attached hydrogens (tertiary/aromatic N) is 1. The Bertz CT molecular complexity index is 874. The number of aromatic nitrogens is 1. The number of hydrogen-bond donors (Lipinski definition) is 0. The molecule has 0 aliphatic heterocycles. The number of carbonyl (C=O) groups excluding carboxylic acids is 1. The van der Waals surface area contributed by atoms with Crippen LogP contribution in [0.5, 0.6) is 0 Å². The molecular weight excluding hydrogens is 374 g/mol. The van der Waals surface area contributed by atoms with E-state index in [0.717, 1.165) is 21.2 Å². The van der Waals surface area contributed by atoms with E-state index in [2.05, 4.69) is 52.1 Å². The van der Waals surface area contributed by atoms with Crippen LogP contribution in [0.15, 0.2) is 77.5 Å². The van der Waals surface area contributed by atoms with Crippen LogP contribution in [0.1, 0.15) is 35.6 Å². The van der Waals surface area contributed by atoms with Crippen LogP contribution in [0.4, 0.5) is 0 Å². The molecule has 0 unspecified atom stereocenters. The molecule has 3 aromatic rings. The van der Waals surface area contributed by atoms with E-state index in [0.29, 0.717) is 6.42 Å². The van der Waals surface area contributed by atoms with Gasteiger partial charge in [-0.3, -0.25) is 9.78 Å². The van der Waals surface area contributed by atoms with Crippen molar-refractivity contribution in [3.63, 3.8) is 0 Å². The molecule has 1 heterocycles. The first-order chi connectivity index (χ1) is 12.0. The van der Waals surface area contributed by atoms with Gasteiger partial charge in [0.25, 0.3) is 0 Å². The molecule has 0 amide bonds. The lowest BCUT2D eigenvalue weighted by molar-refractivity contribution is -0.117. The van der Waals surface area contributed by atoms with E-state index in [1.165, 1.54) is 5.56 Å². The largest absolute Gasteiger partial charge is 0.300 e. The second-order valence-electron chi connectivity index (χ2n) is 6.34. The van der Waals surface area contributed by atoms with E-state index in [9.17, 15) is 4.79 Å². The average Bonchev–Trinajstić information content (AvgIpc) is 2.62. The van der Waals surface area contributed by atoms with E-state index in [-0.39, 0.29) is 5.78 Å². The first-order valence-corrected chi connectivity index (χ1v) is 9.05. The van der Waals surface area contributed by atoms with Crippen molar-refractivity contribution in [3.8, 4) is 0 Å². The van der Waals surface area contributed by atoms with Crippen molar-refractivity contribution in [1.82, 2.24) is 4.98 Å². The molecule has 0 spiro atoms. The number of carbonyl (C=O) groups is 1. The summed E-state index contributed by atoms with van der Waals surface area (Å²) in [6.45, 7) is 3.76. The maximum Gasteiger partial charge on any atom is 0.131 e. The molecule has 1 atom stereocenters. The molecule has 2 nitrogen and oxygen atoms in total. The molecule has 0 aliphatic carbocycles. The summed E-state index contributed by atoms with van der Waals surface area (Å²) in [5.74, 6) is 0.156. The lowest BCUT2D eigenvalue weighted by Gasteiger charge is -2.36. The minimum atomic E-state index is -0.527. The monoisotopic (exact) mass is 393 g/mol. The summed E-state index contributed by atoms with van der Waals surface area (Å²) < 4.78 is 1.02. The fourth-order valence-electron chi connectivity index (χ4n) is 3.57. The van der Waals surface area contributed by atoms with Gasteiger partial charge in [-0.15, -0.1) is 0 Å². The van der Waals surface area contributed by atoms with E-state index in [1.807, 2.05) is 36.4 Å². The highest BCUT2D eigenvalue weighted by Crippen LogP contribution is 2.43. The number of benzene rings is 2. The molecule has 3 rings (SSSR count). The first kappa shape index (κ1) is 17.6. The van der Waals surface area contributed by atoms with Gasteiger partial charge in [0.1, 0.15) is 5.78 Å². The predicted molar refractivity (Wildman–Crippen MR) is 105 cm³/mol. The Morgan fingerprint density at radius 2 is 1.56 bits per heavy atom. The third-order valence-corrected chi connectivity index (χ3v) is 5.16. The van der Waals surface area contributed by atoms with Crippen LogP contribution in [-0.2, 0) is 10.2 Å². The normalized spacial score (nSPS) is 13.2. The molecule has 126 valence electrons. The van der Waals surface area contributed by atoms with Crippen molar-refractivity contribution >= 4 is 21.7 Å². The summed E-state index contributed by atoms with van der Waals surface area (Å²) in [7, 11) is 0. The van der Waals surface area contributed by atoms with Gasteiger partial charge in [0.15, 0.2) is 0 Å². The van der Waals surface area contributed by atoms with Gasteiger partial charge in [0, 0.05) is 23.3 Å². The summed E-state index contributed by atoms with van der Waals surface area (Å²) in [6.07, 6.45) is 3.99. The molecule has 0 bridgehead atoms. The summed E-state index contributed by atoms with van der Waals surface area (Å²) in [5, 5.41) is 0. The van der Waals surface area contributed by atoms with Crippen LogP contribution < -0.4 is 0 Å². The summed E-state index contributed by atoms with van der Waals surface area (Å²) in [5.41, 5.74) is 3.98. The second-order valence-corrected chi connectivity index (χ2v) is 7.26. The molecular formula is C22H20BrNO. The van der Waals surface area contributed by atoms with Gasteiger partial charge in [0.05, 0.1) is 5.41 Å². The molecule has 2 aromatic carbocycles. The third-order valence-electron chi connectivity index (χ3n) is 4.63. The quantitative estimate of drug-likeness (QED) is 0.575. The Balaban J connectivity index is 2.37. The van der Waals surface area contributed by atoms with Crippen molar-refractivity contribution in [3.05, 3.63) is 99.8 Å². The molecule has 0 fully saturated rings. The van der Waals surface area contributed by atoms with Gasteiger partial charge in [-0.25, -0.2) is 0 Å². The fraction of sp³-hybridized carbons (Fsp3) is 0.182. The zero-order valence-electron chi connectivity index (χ0n) is 14.4. The molecule has 0 aliphatic rings. The Morgan fingerprint density at radius 3 is 2.16 bits per heavy atom. The maximum absolute atomic E-state index is 12.3. The molecule has 1 aromatic heterocycles. The van der Waals surface area contributed by atoms with Crippen LogP contribution in [0.25, 0.3) is 0 Å². The topological polar surface area (TPSA) is 30.0 Å². The fourth-order valence-corrected chi connectivity index (χ4v) is 3.84. The van der Waals surface area contributed by atoms with Crippen molar-refractivity contribution in [1.29, 1.82) is 0 Å². The van der Waals surface area contributed by atoms with Gasteiger partial charge in [0.2, 0.25) is 0 Å². The zero-order chi connectivity index (χ0) is 17.9. The summed E-state index contributed by atoms with van der Waals surface area (Å²) >= 11 is 3.51. The Hall–Kier alpha value is -2.26. The van der Waals surface area contributed by atoms with E-state index < -0.39 is 5.41 Å². The number of Topliss-reactive ketones (excluding diaryl/α,β-unsaturated/α-hetero) is 1. The third kappa shape index (κ3) is 3.42. The van der Waals surface area contributed by atoms with Crippen molar-refractivity contribution < 1.29 is 4.79 Å². The summed E-state index contributed by atoms with van der Waals surface area (Å²) in [6, 6.07) is 20.6. The SMILES string of the molecule is CC(=O)C[C@](c1ccncc1)(c1ccc(Br)cc1)c1ccccc1C. The van der Waals surface area contributed by atoms with Gasteiger partial charge >= 0.3 is 0 Å². The standard InChI is InChI=1S/C22H20BrNO/c1-16-5-3-4-6-21(16)22(15-17(2)25,19-11-13-24-14-12-19)18-7-9-20(23)10-8-18/h3-14H,15H2,1-2H3/t22-/m1/s1. The number of rotatable bonds is 5. The number of pyridine rings is 1. The van der Waals surface area contributed by atoms with Gasteiger partial charge < -0.3 is 0 Å². The number of hydrogen-bond acceptors (Lipinski definition) is 2. The van der Waals surface area contributed by atoms with E-state index >= 15 is 0 Å². The summed E-state index contributed by atoms with van der Waals surface area (Å²) in [4.78, 5) is 16.5. The zero-order valence-corrected chi connectivity index (χ0v) is 16.0. The van der Waals surface area contributed by atoms with E-state index in [4.69, 9.17) is 0 Å². The minimum Gasteiger partial charge on any atom is -0.300 e. The Labute approximate surface area is 157 Å². The van der Waals surface area contributed by atoms with Crippen molar-refractivity contribution in [2.45, 2.75) is 25.7 Å². The van der Waals surface area contributed by atoms with E-state index in [1.54, 1.807) is 19.3 Å². The molecule has 0 saturated carbocycles. The van der Waals surface area contributed by atoms with Gasteiger partial charge in [-0.05, 0) is 60.4 Å². The van der Waals surface area contributed by atoms with Crippen molar-refractivity contribution in [2.75, 3.05) is 0 Å².